The highest BCUT2D eigenvalue weighted by atomic mass is 32.2. The third kappa shape index (κ3) is 5.17. The Hall–Kier alpha value is -1.80. The summed E-state index contributed by atoms with van der Waals surface area (Å²) in [5.41, 5.74) is 0.828. The van der Waals surface area contributed by atoms with E-state index in [9.17, 15) is 18.3 Å². The van der Waals surface area contributed by atoms with Gasteiger partial charge in [0.2, 0.25) is 5.91 Å². The van der Waals surface area contributed by atoms with Crippen molar-refractivity contribution in [1.82, 2.24) is 9.80 Å². The third-order valence-corrected chi connectivity index (χ3v) is 7.43. The molecule has 0 bridgehead atoms. The van der Waals surface area contributed by atoms with E-state index in [0.29, 0.717) is 19.5 Å². The zero-order valence-corrected chi connectivity index (χ0v) is 17.4. The smallest absolute Gasteiger partial charge is 0.237 e. The molecule has 2 fully saturated rings. The number of nitrogens with zero attached hydrogens (tertiary/aromatic N) is 3. The second-order valence-electron chi connectivity index (χ2n) is 7.75. The van der Waals surface area contributed by atoms with Crippen LogP contribution >= 0.6 is 0 Å². The van der Waals surface area contributed by atoms with Crippen molar-refractivity contribution in [2.45, 2.75) is 32.2 Å². The van der Waals surface area contributed by atoms with E-state index >= 15 is 0 Å². The monoisotopic (exact) mass is 409 g/mol. The van der Waals surface area contributed by atoms with Crippen LogP contribution in [0.5, 0.6) is 5.75 Å². The Balaban J connectivity index is 1.56. The van der Waals surface area contributed by atoms with Crippen molar-refractivity contribution in [3.05, 3.63) is 24.3 Å². The van der Waals surface area contributed by atoms with E-state index in [-0.39, 0.29) is 29.2 Å². The van der Waals surface area contributed by atoms with Gasteiger partial charge in [-0.3, -0.25) is 9.69 Å². The minimum Gasteiger partial charge on any atom is -0.506 e. The van der Waals surface area contributed by atoms with Crippen LogP contribution in [0.25, 0.3) is 0 Å². The maximum Gasteiger partial charge on any atom is 0.237 e. The lowest BCUT2D eigenvalue weighted by Gasteiger charge is -2.37. The van der Waals surface area contributed by atoms with Crippen molar-refractivity contribution in [2.75, 3.05) is 55.7 Å². The van der Waals surface area contributed by atoms with Gasteiger partial charge in [-0.15, -0.1) is 0 Å². The molecule has 0 unspecified atom stereocenters. The van der Waals surface area contributed by atoms with Gasteiger partial charge in [-0.25, -0.2) is 8.42 Å². The lowest BCUT2D eigenvalue weighted by Crippen LogP contribution is -2.52. The summed E-state index contributed by atoms with van der Waals surface area (Å²) in [4.78, 5) is 19.0. The van der Waals surface area contributed by atoms with Gasteiger partial charge in [-0.05, 0) is 25.0 Å². The molecule has 0 aliphatic carbocycles. The van der Waals surface area contributed by atoms with Gasteiger partial charge in [0.1, 0.15) is 5.75 Å². The van der Waals surface area contributed by atoms with Gasteiger partial charge in [0, 0.05) is 38.8 Å². The summed E-state index contributed by atoms with van der Waals surface area (Å²) >= 11 is 0. The number of anilines is 1. The predicted octanol–water partition coefficient (Wildman–Crippen LogP) is 1.33. The predicted molar refractivity (Wildman–Crippen MR) is 110 cm³/mol. The number of carbonyl (C=O) groups excluding carboxylic acids is 1. The highest BCUT2D eigenvalue weighted by Gasteiger charge is 2.35. The Bertz CT molecular complexity index is 775. The molecule has 8 heteroatoms. The maximum absolute atomic E-state index is 13.0. The number of sulfone groups is 1. The molecule has 1 amide bonds. The van der Waals surface area contributed by atoms with Crippen LogP contribution in [0.4, 0.5) is 5.69 Å². The standard InChI is InChI=1S/C20H31N3O4S/c1-2-3-9-23(17-8-14-28(26,27)16-17)20(25)15-21-10-12-22(13-11-21)18-6-4-5-7-19(18)24/h4-7,17,24H,2-3,8-16H2,1H3/t17-/m0/s1. The summed E-state index contributed by atoms with van der Waals surface area (Å²) < 4.78 is 23.7. The minimum absolute atomic E-state index is 0.0339. The molecule has 0 spiro atoms. The van der Waals surface area contributed by atoms with E-state index in [2.05, 4.69) is 16.7 Å². The number of unbranched alkanes of at least 4 members (excludes halogenated alkanes) is 1. The zero-order chi connectivity index (χ0) is 20.1. The Labute approximate surface area is 167 Å². The molecular formula is C20H31N3O4S. The van der Waals surface area contributed by atoms with Crippen LogP contribution in [-0.4, -0.2) is 86.0 Å². The van der Waals surface area contributed by atoms with Crippen molar-refractivity contribution in [3.63, 3.8) is 0 Å². The largest absolute Gasteiger partial charge is 0.506 e. The molecule has 1 aromatic carbocycles. The molecule has 1 aromatic rings. The molecule has 3 rings (SSSR count). The number of para-hydroxylation sites is 2. The molecule has 2 heterocycles. The molecule has 1 N–H and O–H groups in total. The molecule has 28 heavy (non-hydrogen) atoms. The number of rotatable bonds is 7. The van der Waals surface area contributed by atoms with Crippen LogP contribution in [0.3, 0.4) is 0 Å². The van der Waals surface area contributed by atoms with E-state index < -0.39 is 9.84 Å². The van der Waals surface area contributed by atoms with Crippen molar-refractivity contribution in [1.29, 1.82) is 0 Å². The first-order valence-corrected chi connectivity index (χ1v) is 12.0. The zero-order valence-electron chi connectivity index (χ0n) is 16.6. The van der Waals surface area contributed by atoms with E-state index in [0.717, 1.165) is 44.7 Å². The Morgan fingerprint density at radius 1 is 1.21 bits per heavy atom. The number of hydrogen-bond acceptors (Lipinski definition) is 6. The average Bonchev–Trinajstić information content (AvgIpc) is 3.03. The first-order valence-electron chi connectivity index (χ1n) is 10.1. The number of phenols is 1. The molecule has 0 aromatic heterocycles. The number of phenolic OH excluding ortho intramolecular Hbond substituents is 1. The molecule has 0 radical (unpaired) electrons. The Morgan fingerprint density at radius 2 is 1.93 bits per heavy atom. The van der Waals surface area contributed by atoms with Crippen LogP contribution < -0.4 is 4.90 Å². The first-order chi connectivity index (χ1) is 13.4. The quantitative estimate of drug-likeness (QED) is 0.732. The van der Waals surface area contributed by atoms with Gasteiger partial charge >= 0.3 is 0 Å². The fourth-order valence-corrected chi connectivity index (χ4v) is 5.75. The van der Waals surface area contributed by atoms with E-state index in [1.54, 1.807) is 6.07 Å². The SMILES string of the molecule is CCCCN(C(=O)CN1CCN(c2ccccc2O)CC1)[C@H]1CCS(=O)(=O)C1. The summed E-state index contributed by atoms with van der Waals surface area (Å²) in [5.74, 6) is 0.600. The Kier molecular flexibility index (Phi) is 6.82. The highest BCUT2D eigenvalue weighted by Crippen LogP contribution is 2.27. The van der Waals surface area contributed by atoms with E-state index in [1.165, 1.54) is 0 Å². The van der Waals surface area contributed by atoms with Crippen molar-refractivity contribution >= 4 is 21.4 Å². The van der Waals surface area contributed by atoms with Gasteiger partial charge in [-0.1, -0.05) is 25.5 Å². The van der Waals surface area contributed by atoms with Crippen LogP contribution in [-0.2, 0) is 14.6 Å². The average molecular weight is 410 g/mol. The van der Waals surface area contributed by atoms with Gasteiger partial charge in [0.05, 0.1) is 23.7 Å². The summed E-state index contributed by atoms with van der Waals surface area (Å²) in [5, 5.41) is 10.0. The van der Waals surface area contributed by atoms with Crippen molar-refractivity contribution in [2.24, 2.45) is 0 Å². The lowest BCUT2D eigenvalue weighted by atomic mass is 10.2. The molecule has 2 saturated heterocycles. The fraction of sp³-hybridized carbons (Fsp3) is 0.650. The second-order valence-corrected chi connectivity index (χ2v) is 9.98. The second kappa shape index (κ2) is 9.13. The molecule has 1 atom stereocenters. The topological polar surface area (TPSA) is 81.2 Å². The van der Waals surface area contributed by atoms with Gasteiger partial charge in [0.25, 0.3) is 0 Å². The fourth-order valence-electron chi connectivity index (χ4n) is 4.02. The van der Waals surface area contributed by atoms with E-state index in [4.69, 9.17) is 0 Å². The number of hydrogen-bond donors (Lipinski definition) is 1. The van der Waals surface area contributed by atoms with Crippen molar-refractivity contribution < 1.29 is 18.3 Å². The molecule has 0 saturated carbocycles. The Morgan fingerprint density at radius 3 is 2.54 bits per heavy atom. The molecule has 7 nitrogen and oxygen atoms in total. The summed E-state index contributed by atoms with van der Waals surface area (Å²) in [6, 6.07) is 7.13. The van der Waals surface area contributed by atoms with Crippen LogP contribution in [0.15, 0.2) is 24.3 Å². The van der Waals surface area contributed by atoms with Crippen LogP contribution in [0.2, 0.25) is 0 Å². The normalized spacial score (nSPS) is 22.3. The molecular weight excluding hydrogens is 378 g/mol. The van der Waals surface area contributed by atoms with E-state index in [1.807, 2.05) is 23.1 Å². The lowest BCUT2D eigenvalue weighted by molar-refractivity contribution is -0.134. The number of aromatic hydroxyl groups is 1. The summed E-state index contributed by atoms with van der Waals surface area (Å²) in [7, 11) is -3.01. The number of amides is 1. The maximum atomic E-state index is 13.0. The number of benzene rings is 1. The number of piperazine rings is 1. The van der Waals surface area contributed by atoms with Crippen LogP contribution in [0, 0.1) is 0 Å². The van der Waals surface area contributed by atoms with Gasteiger partial charge < -0.3 is 14.9 Å². The summed E-state index contributed by atoms with van der Waals surface area (Å²) in [6.07, 6.45) is 2.42. The summed E-state index contributed by atoms with van der Waals surface area (Å²) in [6.45, 7) is 6.01. The first kappa shape index (κ1) is 20.9. The molecule has 2 aliphatic heterocycles. The van der Waals surface area contributed by atoms with Gasteiger partial charge in [0.15, 0.2) is 9.84 Å². The number of carbonyl (C=O) groups is 1. The third-order valence-electron chi connectivity index (χ3n) is 5.68. The molecule has 2 aliphatic rings. The van der Waals surface area contributed by atoms with Crippen molar-refractivity contribution in [3.8, 4) is 5.75 Å². The molecule has 156 valence electrons. The van der Waals surface area contributed by atoms with Crippen LogP contribution in [0.1, 0.15) is 26.2 Å². The van der Waals surface area contributed by atoms with Gasteiger partial charge in [-0.2, -0.15) is 0 Å². The minimum atomic E-state index is -3.01. The highest BCUT2D eigenvalue weighted by molar-refractivity contribution is 7.91.